The summed E-state index contributed by atoms with van der Waals surface area (Å²) in [5, 5.41) is 17.0. The Kier molecular flexibility index (Phi) is 4.14. The minimum absolute atomic E-state index is 0.130. The van der Waals surface area contributed by atoms with Crippen molar-refractivity contribution in [1.82, 2.24) is 9.78 Å². The van der Waals surface area contributed by atoms with Crippen LogP contribution in [-0.2, 0) is 6.54 Å². The first-order chi connectivity index (χ1) is 12.2. The topological polar surface area (TPSA) is 55.1 Å². The van der Waals surface area contributed by atoms with E-state index in [1.54, 1.807) is 0 Å². The summed E-state index contributed by atoms with van der Waals surface area (Å²) in [5.41, 5.74) is 0.804. The van der Waals surface area contributed by atoms with E-state index in [9.17, 15) is 9.90 Å². The van der Waals surface area contributed by atoms with Gasteiger partial charge in [-0.3, -0.25) is 4.79 Å². The van der Waals surface area contributed by atoms with Crippen LogP contribution in [0.2, 0.25) is 0 Å². The molecule has 0 saturated heterocycles. The first-order valence-corrected chi connectivity index (χ1v) is 8.94. The molecule has 4 heteroatoms. The van der Waals surface area contributed by atoms with Crippen LogP contribution >= 0.6 is 0 Å². The van der Waals surface area contributed by atoms with Crippen LogP contribution in [-0.4, -0.2) is 20.5 Å². The zero-order valence-electron chi connectivity index (χ0n) is 14.2. The molecule has 128 valence electrons. The van der Waals surface area contributed by atoms with E-state index in [-0.39, 0.29) is 12.1 Å². The average molecular weight is 334 g/mol. The summed E-state index contributed by atoms with van der Waals surface area (Å²) in [6, 6.07) is 17.5. The molecule has 3 aromatic rings. The number of fused-ring (bicyclic) bond motifs is 1. The molecule has 0 unspecified atom stereocenters. The van der Waals surface area contributed by atoms with Crippen LogP contribution in [0, 0.1) is 0 Å². The highest BCUT2D eigenvalue weighted by Crippen LogP contribution is 2.30. The molecule has 1 saturated carbocycles. The third-order valence-corrected chi connectivity index (χ3v) is 5.14. The molecule has 0 bridgehead atoms. The van der Waals surface area contributed by atoms with E-state index in [2.05, 4.69) is 5.10 Å². The highest BCUT2D eigenvalue weighted by Gasteiger charge is 2.30. The molecule has 1 heterocycles. The van der Waals surface area contributed by atoms with E-state index in [0.717, 1.165) is 48.7 Å². The van der Waals surface area contributed by atoms with Crippen molar-refractivity contribution in [2.75, 3.05) is 0 Å². The van der Waals surface area contributed by atoms with Crippen molar-refractivity contribution in [2.24, 2.45) is 0 Å². The van der Waals surface area contributed by atoms with Crippen molar-refractivity contribution >= 4 is 10.8 Å². The van der Waals surface area contributed by atoms with Crippen molar-refractivity contribution in [3.8, 4) is 11.3 Å². The summed E-state index contributed by atoms with van der Waals surface area (Å²) in [5.74, 6) is 0. The highest BCUT2D eigenvalue weighted by molar-refractivity contribution is 5.93. The predicted octanol–water partition coefficient (Wildman–Crippen LogP) is 3.76. The molecule has 0 aliphatic heterocycles. The molecule has 25 heavy (non-hydrogen) atoms. The molecule has 2 aromatic carbocycles. The lowest BCUT2D eigenvalue weighted by molar-refractivity contribution is -0.0152. The fourth-order valence-corrected chi connectivity index (χ4v) is 3.80. The van der Waals surface area contributed by atoms with E-state index < -0.39 is 5.60 Å². The maximum atomic E-state index is 12.9. The minimum atomic E-state index is -0.828. The van der Waals surface area contributed by atoms with Gasteiger partial charge in [0.2, 0.25) is 0 Å². The number of nitrogens with zero attached hydrogens (tertiary/aromatic N) is 2. The summed E-state index contributed by atoms with van der Waals surface area (Å²) >= 11 is 0. The zero-order chi connectivity index (χ0) is 17.3. The molecule has 1 aliphatic carbocycles. The van der Waals surface area contributed by atoms with Gasteiger partial charge in [0.1, 0.15) is 0 Å². The van der Waals surface area contributed by atoms with E-state index in [0.29, 0.717) is 5.39 Å². The average Bonchev–Trinajstić information content (AvgIpc) is 2.65. The monoisotopic (exact) mass is 334 g/mol. The Morgan fingerprint density at radius 2 is 1.56 bits per heavy atom. The van der Waals surface area contributed by atoms with Gasteiger partial charge in [-0.25, -0.2) is 4.68 Å². The van der Waals surface area contributed by atoms with Crippen LogP contribution in [0.15, 0.2) is 59.4 Å². The van der Waals surface area contributed by atoms with Crippen LogP contribution in [0.3, 0.4) is 0 Å². The third-order valence-electron chi connectivity index (χ3n) is 5.14. The van der Waals surface area contributed by atoms with Gasteiger partial charge in [-0.1, -0.05) is 67.8 Å². The second-order valence-corrected chi connectivity index (χ2v) is 7.01. The van der Waals surface area contributed by atoms with Crippen molar-refractivity contribution in [2.45, 2.75) is 44.2 Å². The van der Waals surface area contributed by atoms with Crippen LogP contribution < -0.4 is 5.56 Å². The molecule has 1 aliphatic rings. The van der Waals surface area contributed by atoms with Crippen molar-refractivity contribution < 1.29 is 5.11 Å². The number of hydrogen-bond donors (Lipinski definition) is 1. The lowest BCUT2D eigenvalue weighted by atomic mass is 9.85. The maximum Gasteiger partial charge on any atom is 0.274 e. The normalized spacial score (nSPS) is 16.8. The standard InChI is InChI=1S/C21H22N2O2/c24-20-18-12-6-5-11-17(18)19(16-9-3-1-4-10-16)22-23(20)15-21(25)13-7-2-8-14-21/h1,3-6,9-12,25H,2,7-8,13-15H2. The molecule has 4 rings (SSSR count). The summed E-state index contributed by atoms with van der Waals surface area (Å²) in [6.45, 7) is 0.260. The summed E-state index contributed by atoms with van der Waals surface area (Å²) in [4.78, 5) is 12.9. The van der Waals surface area contributed by atoms with Gasteiger partial charge in [-0.2, -0.15) is 5.10 Å². The number of benzene rings is 2. The SMILES string of the molecule is O=c1c2ccccc2c(-c2ccccc2)nn1CC1(O)CCCCC1. The molecule has 1 fully saturated rings. The molecular formula is C21H22N2O2. The fourth-order valence-electron chi connectivity index (χ4n) is 3.80. The molecule has 1 aromatic heterocycles. The first-order valence-electron chi connectivity index (χ1n) is 8.94. The number of aromatic nitrogens is 2. The van der Waals surface area contributed by atoms with E-state index >= 15 is 0 Å². The Balaban J connectivity index is 1.88. The smallest absolute Gasteiger partial charge is 0.274 e. The number of aliphatic hydroxyl groups is 1. The highest BCUT2D eigenvalue weighted by atomic mass is 16.3. The molecule has 0 spiro atoms. The number of rotatable bonds is 3. The quantitative estimate of drug-likeness (QED) is 0.793. The van der Waals surface area contributed by atoms with Crippen LogP contribution in [0.25, 0.3) is 22.0 Å². The third kappa shape index (κ3) is 3.10. The molecular weight excluding hydrogens is 312 g/mol. The Labute approximate surface area is 146 Å². The van der Waals surface area contributed by atoms with E-state index in [4.69, 9.17) is 0 Å². The fraction of sp³-hybridized carbons (Fsp3) is 0.333. The Morgan fingerprint density at radius 3 is 2.28 bits per heavy atom. The van der Waals surface area contributed by atoms with E-state index in [1.807, 2.05) is 54.6 Å². The van der Waals surface area contributed by atoms with Crippen LogP contribution in [0.5, 0.6) is 0 Å². The second kappa shape index (κ2) is 6.45. The first kappa shape index (κ1) is 16.0. The Bertz CT molecular complexity index is 941. The molecule has 1 N–H and O–H groups in total. The predicted molar refractivity (Wildman–Crippen MR) is 99.5 cm³/mol. The Hall–Kier alpha value is -2.46. The zero-order valence-corrected chi connectivity index (χ0v) is 14.2. The van der Waals surface area contributed by atoms with Gasteiger partial charge >= 0.3 is 0 Å². The van der Waals surface area contributed by atoms with Gasteiger partial charge in [-0.05, 0) is 18.9 Å². The molecule has 0 atom stereocenters. The van der Waals surface area contributed by atoms with Crippen LogP contribution in [0.1, 0.15) is 32.1 Å². The maximum absolute atomic E-state index is 12.9. The van der Waals surface area contributed by atoms with Gasteiger partial charge in [0.15, 0.2) is 0 Å². The van der Waals surface area contributed by atoms with Gasteiger partial charge in [-0.15, -0.1) is 0 Å². The van der Waals surface area contributed by atoms with Gasteiger partial charge in [0.25, 0.3) is 5.56 Å². The van der Waals surface area contributed by atoms with Crippen LogP contribution in [0.4, 0.5) is 0 Å². The Morgan fingerprint density at radius 1 is 0.920 bits per heavy atom. The summed E-state index contributed by atoms with van der Waals surface area (Å²) in [6.07, 6.45) is 4.62. The summed E-state index contributed by atoms with van der Waals surface area (Å²) < 4.78 is 1.47. The number of hydrogen-bond acceptors (Lipinski definition) is 3. The van der Waals surface area contributed by atoms with Gasteiger partial charge in [0.05, 0.1) is 23.2 Å². The van der Waals surface area contributed by atoms with Crippen molar-refractivity contribution in [1.29, 1.82) is 0 Å². The lowest BCUT2D eigenvalue weighted by Gasteiger charge is -2.32. The lowest BCUT2D eigenvalue weighted by Crippen LogP contribution is -2.40. The van der Waals surface area contributed by atoms with Crippen molar-refractivity contribution in [3.05, 3.63) is 65.0 Å². The van der Waals surface area contributed by atoms with E-state index in [1.165, 1.54) is 4.68 Å². The minimum Gasteiger partial charge on any atom is -0.388 e. The largest absolute Gasteiger partial charge is 0.388 e. The molecule has 4 nitrogen and oxygen atoms in total. The summed E-state index contributed by atoms with van der Waals surface area (Å²) in [7, 11) is 0. The second-order valence-electron chi connectivity index (χ2n) is 7.01. The molecule has 0 amide bonds. The van der Waals surface area contributed by atoms with Gasteiger partial charge < -0.3 is 5.11 Å². The van der Waals surface area contributed by atoms with Gasteiger partial charge in [0, 0.05) is 10.9 Å². The molecule has 0 radical (unpaired) electrons. The van der Waals surface area contributed by atoms with Crippen molar-refractivity contribution in [3.63, 3.8) is 0 Å².